The Morgan fingerprint density at radius 3 is 2.82 bits per heavy atom. The number of fused-ring (bicyclic) bond motifs is 1. The number of H-pyrrole nitrogens is 1. The van der Waals surface area contributed by atoms with Crippen LogP contribution in [0.2, 0.25) is 0 Å². The highest BCUT2D eigenvalue weighted by Crippen LogP contribution is 2.39. The number of rotatable bonds is 4. The molecule has 1 aliphatic carbocycles. The number of aromatic nitrogens is 2. The van der Waals surface area contributed by atoms with Crippen molar-refractivity contribution in [3.8, 4) is 0 Å². The Hall–Kier alpha value is -1.89. The molecule has 0 radical (unpaired) electrons. The van der Waals surface area contributed by atoms with Crippen molar-refractivity contribution in [1.82, 2.24) is 10.1 Å². The summed E-state index contributed by atoms with van der Waals surface area (Å²) >= 11 is 0. The standard InChI is InChI=1S/C15H18N2O4S/c1-22(19,20)13-9-10(6-7-14-16-15(18)17-21-14)8-11-4-2-3-5-12(11)13/h2-5,10,13H,6-9H2,1H3,(H,17,18)/t10-,13?/m1/s1. The number of aryl methyl sites for hydroxylation is 1. The number of nitrogens with zero attached hydrogens (tertiary/aromatic N) is 1. The van der Waals surface area contributed by atoms with Crippen LogP contribution in [0.15, 0.2) is 33.6 Å². The van der Waals surface area contributed by atoms with E-state index < -0.39 is 20.8 Å². The minimum Gasteiger partial charge on any atom is -0.362 e. The van der Waals surface area contributed by atoms with Gasteiger partial charge in [-0.15, -0.1) is 0 Å². The van der Waals surface area contributed by atoms with Gasteiger partial charge in [-0.05, 0) is 36.3 Å². The Kier molecular flexibility index (Phi) is 3.90. The van der Waals surface area contributed by atoms with E-state index in [1.54, 1.807) is 0 Å². The first-order chi connectivity index (χ1) is 10.4. The molecule has 1 aliphatic rings. The largest absolute Gasteiger partial charge is 0.377 e. The van der Waals surface area contributed by atoms with Crippen molar-refractivity contribution in [2.24, 2.45) is 5.92 Å². The summed E-state index contributed by atoms with van der Waals surface area (Å²) in [5, 5.41) is 1.72. The molecule has 1 aromatic heterocycles. The number of benzene rings is 1. The fraction of sp³-hybridized carbons (Fsp3) is 0.467. The average molecular weight is 322 g/mol. The molecule has 1 N–H and O–H groups in total. The SMILES string of the molecule is CS(=O)(=O)C1C[C@H](CCc2nc(=O)[nH]o2)Cc2ccccc21. The van der Waals surface area contributed by atoms with Crippen LogP contribution in [0.3, 0.4) is 0 Å². The van der Waals surface area contributed by atoms with Crippen LogP contribution in [-0.4, -0.2) is 24.8 Å². The zero-order valence-electron chi connectivity index (χ0n) is 12.3. The molecule has 1 heterocycles. The number of sulfone groups is 1. The predicted molar refractivity (Wildman–Crippen MR) is 81.3 cm³/mol. The van der Waals surface area contributed by atoms with E-state index in [1.807, 2.05) is 24.3 Å². The number of nitrogens with one attached hydrogen (secondary N) is 1. The van der Waals surface area contributed by atoms with E-state index in [-0.39, 0.29) is 5.92 Å². The zero-order chi connectivity index (χ0) is 15.7. The van der Waals surface area contributed by atoms with E-state index >= 15 is 0 Å². The quantitative estimate of drug-likeness (QED) is 0.923. The Morgan fingerprint density at radius 2 is 2.14 bits per heavy atom. The summed E-state index contributed by atoms with van der Waals surface area (Å²) in [4.78, 5) is 14.7. The van der Waals surface area contributed by atoms with E-state index in [9.17, 15) is 13.2 Å². The lowest BCUT2D eigenvalue weighted by atomic mass is 9.81. The summed E-state index contributed by atoms with van der Waals surface area (Å²) in [5.74, 6) is 0.608. The highest BCUT2D eigenvalue weighted by atomic mass is 32.2. The normalized spacial score (nSPS) is 21.5. The molecule has 2 aromatic rings. The van der Waals surface area contributed by atoms with Crippen LogP contribution in [0, 0.1) is 5.92 Å². The lowest BCUT2D eigenvalue weighted by Gasteiger charge is -2.30. The number of hydrogen-bond donors (Lipinski definition) is 1. The van der Waals surface area contributed by atoms with Crippen LogP contribution < -0.4 is 5.69 Å². The molecule has 2 atom stereocenters. The molecule has 0 bridgehead atoms. The van der Waals surface area contributed by atoms with E-state index in [0.717, 1.165) is 24.0 Å². The molecule has 22 heavy (non-hydrogen) atoms. The first-order valence-corrected chi connectivity index (χ1v) is 9.20. The molecule has 0 fully saturated rings. The molecule has 7 heteroatoms. The maximum absolute atomic E-state index is 12.1. The van der Waals surface area contributed by atoms with Gasteiger partial charge in [-0.2, -0.15) is 10.1 Å². The van der Waals surface area contributed by atoms with Gasteiger partial charge < -0.3 is 4.52 Å². The molecule has 0 saturated carbocycles. The van der Waals surface area contributed by atoms with Crippen LogP contribution in [0.25, 0.3) is 0 Å². The Labute approximate surface area is 128 Å². The lowest BCUT2D eigenvalue weighted by molar-refractivity contribution is 0.346. The fourth-order valence-corrected chi connectivity index (χ4v) is 4.49. The minimum absolute atomic E-state index is 0.233. The monoisotopic (exact) mass is 322 g/mol. The molecule has 0 aliphatic heterocycles. The van der Waals surface area contributed by atoms with Gasteiger partial charge >= 0.3 is 5.69 Å². The topological polar surface area (TPSA) is 93.0 Å². The van der Waals surface area contributed by atoms with Crippen LogP contribution in [0.5, 0.6) is 0 Å². The summed E-state index contributed by atoms with van der Waals surface area (Å²) in [6, 6.07) is 7.72. The Balaban J connectivity index is 1.79. The minimum atomic E-state index is -3.15. The maximum Gasteiger partial charge on any atom is 0.377 e. The van der Waals surface area contributed by atoms with Gasteiger partial charge in [0.2, 0.25) is 5.89 Å². The van der Waals surface area contributed by atoms with Crippen molar-refractivity contribution in [3.05, 3.63) is 51.8 Å². The average Bonchev–Trinajstić information content (AvgIpc) is 2.89. The van der Waals surface area contributed by atoms with Gasteiger partial charge in [-0.3, -0.25) is 0 Å². The molecule has 0 spiro atoms. The summed E-state index contributed by atoms with van der Waals surface area (Å²) < 4.78 is 29.1. The van der Waals surface area contributed by atoms with Crippen LogP contribution in [0.4, 0.5) is 0 Å². The summed E-state index contributed by atoms with van der Waals surface area (Å²) in [7, 11) is -3.15. The molecule has 6 nitrogen and oxygen atoms in total. The second-order valence-corrected chi connectivity index (χ2v) is 8.10. The lowest BCUT2D eigenvalue weighted by Crippen LogP contribution is -2.24. The van der Waals surface area contributed by atoms with E-state index in [1.165, 1.54) is 6.26 Å². The van der Waals surface area contributed by atoms with Crippen LogP contribution >= 0.6 is 0 Å². The van der Waals surface area contributed by atoms with Gasteiger partial charge in [0.25, 0.3) is 0 Å². The van der Waals surface area contributed by atoms with Gasteiger partial charge in [0, 0.05) is 12.7 Å². The van der Waals surface area contributed by atoms with Crippen molar-refractivity contribution in [2.45, 2.75) is 30.9 Å². The van der Waals surface area contributed by atoms with Gasteiger partial charge in [0.15, 0.2) is 9.84 Å². The molecular weight excluding hydrogens is 304 g/mol. The molecule has 118 valence electrons. The van der Waals surface area contributed by atoms with E-state index in [0.29, 0.717) is 18.7 Å². The van der Waals surface area contributed by atoms with Crippen molar-refractivity contribution in [2.75, 3.05) is 6.26 Å². The Bertz CT molecular complexity index is 822. The van der Waals surface area contributed by atoms with Crippen LogP contribution in [0.1, 0.15) is 35.1 Å². The van der Waals surface area contributed by atoms with Crippen molar-refractivity contribution < 1.29 is 12.9 Å². The molecule has 1 unspecified atom stereocenters. The van der Waals surface area contributed by atoms with Gasteiger partial charge in [0.05, 0.1) is 5.25 Å². The predicted octanol–water partition coefficient (Wildman–Crippen LogP) is 1.64. The first kappa shape index (κ1) is 15.0. The molecule has 1 aromatic carbocycles. The summed E-state index contributed by atoms with van der Waals surface area (Å²) in [5.41, 5.74) is 1.53. The highest BCUT2D eigenvalue weighted by molar-refractivity contribution is 7.90. The second kappa shape index (κ2) is 5.72. The van der Waals surface area contributed by atoms with Crippen molar-refractivity contribution in [3.63, 3.8) is 0 Å². The van der Waals surface area contributed by atoms with Crippen molar-refractivity contribution >= 4 is 9.84 Å². The number of hydrogen-bond acceptors (Lipinski definition) is 5. The van der Waals surface area contributed by atoms with Gasteiger partial charge in [-0.25, -0.2) is 13.2 Å². The Morgan fingerprint density at radius 1 is 1.36 bits per heavy atom. The zero-order valence-corrected chi connectivity index (χ0v) is 13.1. The van der Waals surface area contributed by atoms with E-state index in [2.05, 4.69) is 10.1 Å². The third-order valence-electron chi connectivity index (χ3n) is 4.22. The molecular formula is C15H18N2O4S. The van der Waals surface area contributed by atoms with E-state index in [4.69, 9.17) is 4.52 Å². The summed E-state index contributed by atoms with van der Waals surface area (Å²) in [6.07, 6.45) is 4.02. The fourth-order valence-electron chi connectivity index (χ4n) is 3.18. The summed E-state index contributed by atoms with van der Waals surface area (Å²) in [6.45, 7) is 0. The maximum atomic E-state index is 12.1. The highest BCUT2D eigenvalue weighted by Gasteiger charge is 2.32. The molecule has 0 saturated heterocycles. The third kappa shape index (κ3) is 3.14. The molecule has 0 amide bonds. The first-order valence-electron chi connectivity index (χ1n) is 7.24. The number of aromatic amines is 1. The van der Waals surface area contributed by atoms with Gasteiger partial charge in [0.1, 0.15) is 0 Å². The van der Waals surface area contributed by atoms with Gasteiger partial charge in [-0.1, -0.05) is 24.3 Å². The molecule has 3 rings (SSSR count). The van der Waals surface area contributed by atoms with Crippen molar-refractivity contribution in [1.29, 1.82) is 0 Å². The van der Waals surface area contributed by atoms with Crippen LogP contribution in [-0.2, 0) is 22.7 Å². The third-order valence-corrected chi connectivity index (χ3v) is 5.70. The second-order valence-electron chi connectivity index (χ2n) is 5.88. The smallest absolute Gasteiger partial charge is 0.362 e.